The molecule has 2 saturated heterocycles. The number of aromatic nitrogens is 5. The van der Waals surface area contributed by atoms with E-state index < -0.39 is 0 Å². The normalized spacial score (nSPS) is 18.2. The average molecular weight is 497 g/mol. The molecule has 2 amide bonds. The molecule has 2 aliphatic heterocycles. The van der Waals surface area contributed by atoms with Gasteiger partial charge >= 0.3 is 0 Å². The molecular weight excluding hydrogens is 468 g/mol. The van der Waals surface area contributed by atoms with E-state index in [9.17, 15) is 9.59 Å². The van der Waals surface area contributed by atoms with Crippen LogP contribution < -0.4 is 9.80 Å². The number of piperazine rings is 1. The van der Waals surface area contributed by atoms with Crippen molar-refractivity contribution >= 4 is 34.5 Å². The molecule has 0 saturated carbocycles. The third-order valence-corrected chi connectivity index (χ3v) is 7.21. The molecule has 2 aromatic carbocycles. The summed E-state index contributed by atoms with van der Waals surface area (Å²) in [7, 11) is 0. The Balaban J connectivity index is 1.13. The predicted octanol–water partition coefficient (Wildman–Crippen LogP) is 2.53. The largest absolute Gasteiger partial charge is 0.351 e. The van der Waals surface area contributed by atoms with Crippen LogP contribution in [0, 0.1) is 19.8 Å². The quantitative estimate of drug-likeness (QED) is 0.428. The van der Waals surface area contributed by atoms with Crippen LogP contribution in [0.1, 0.15) is 17.5 Å². The van der Waals surface area contributed by atoms with E-state index in [-0.39, 0.29) is 24.2 Å². The van der Waals surface area contributed by atoms with Gasteiger partial charge in [-0.2, -0.15) is 4.68 Å². The molecule has 10 heteroatoms. The summed E-state index contributed by atoms with van der Waals surface area (Å²) >= 11 is 0. The van der Waals surface area contributed by atoms with Gasteiger partial charge in [0, 0.05) is 44.8 Å². The first-order chi connectivity index (χ1) is 18.0. The molecular formula is C27H28N8O2. The Labute approximate surface area is 214 Å². The fourth-order valence-electron chi connectivity index (χ4n) is 5.07. The van der Waals surface area contributed by atoms with Crippen molar-refractivity contribution in [1.29, 1.82) is 0 Å². The smallest absolute Gasteiger partial charge is 0.228 e. The molecule has 0 bridgehead atoms. The monoisotopic (exact) mass is 496 g/mol. The highest BCUT2D eigenvalue weighted by Gasteiger charge is 2.38. The Morgan fingerprint density at radius 2 is 1.51 bits per heavy atom. The number of benzene rings is 2. The molecule has 2 aromatic heterocycles. The summed E-state index contributed by atoms with van der Waals surface area (Å²) in [5, 5.41) is 8.71. The zero-order chi connectivity index (χ0) is 25.5. The molecule has 0 unspecified atom stereocenters. The van der Waals surface area contributed by atoms with Crippen molar-refractivity contribution < 1.29 is 9.59 Å². The zero-order valence-corrected chi connectivity index (χ0v) is 20.9. The lowest BCUT2D eigenvalue weighted by Crippen LogP contribution is -2.51. The van der Waals surface area contributed by atoms with E-state index in [0.29, 0.717) is 43.9 Å². The molecule has 0 N–H and O–H groups in total. The van der Waals surface area contributed by atoms with Gasteiger partial charge in [-0.15, -0.1) is 5.10 Å². The highest BCUT2D eigenvalue weighted by Crippen LogP contribution is 2.28. The van der Waals surface area contributed by atoms with Gasteiger partial charge in [-0.1, -0.05) is 40.6 Å². The Hall–Kier alpha value is -4.34. The number of fused-ring (bicyclic) bond motifs is 1. The molecule has 188 valence electrons. The van der Waals surface area contributed by atoms with Gasteiger partial charge in [0.25, 0.3) is 0 Å². The van der Waals surface area contributed by atoms with Crippen molar-refractivity contribution in [2.45, 2.75) is 20.3 Å². The number of nitrogens with zero attached hydrogens (tertiary/aromatic N) is 8. The van der Waals surface area contributed by atoms with Gasteiger partial charge < -0.3 is 14.7 Å². The van der Waals surface area contributed by atoms with Crippen LogP contribution in [0.5, 0.6) is 0 Å². The number of rotatable bonds is 4. The second-order valence-electron chi connectivity index (χ2n) is 9.76. The van der Waals surface area contributed by atoms with Crippen LogP contribution in [0.3, 0.4) is 0 Å². The SMILES string of the molecule is Cc1ccc(N2C[C@@H](C(=O)N3CCN(c4ncnc5c4nnn5-c4ccc(C)cc4)CC3)CC2=O)cc1. The average Bonchev–Trinajstić information content (AvgIpc) is 3.53. The van der Waals surface area contributed by atoms with Gasteiger partial charge in [0.05, 0.1) is 11.6 Å². The third-order valence-electron chi connectivity index (χ3n) is 7.21. The summed E-state index contributed by atoms with van der Waals surface area (Å²) in [5.41, 5.74) is 5.33. The Morgan fingerprint density at radius 1 is 0.865 bits per heavy atom. The summed E-state index contributed by atoms with van der Waals surface area (Å²) in [4.78, 5) is 40.6. The second-order valence-corrected chi connectivity index (χ2v) is 9.76. The van der Waals surface area contributed by atoms with Crippen molar-refractivity contribution in [2.75, 3.05) is 42.5 Å². The first-order valence-electron chi connectivity index (χ1n) is 12.5. The van der Waals surface area contributed by atoms with Crippen LogP contribution in [0.2, 0.25) is 0 Å². The number of hydrogen-bond donors (Lipinski definition) is 0. The van der Waals surface area contributed by atoms with Crippen LogP contribution in [0.25, 0.3) is 16.9 Å². The minimum Gasteiger partial charge on any atom is -0.351 e. The molecule has 4 heterocycles. The number of hydrogen-bond acceptors (Lipinski definition) is 7. The Kier molecular flexibility index (Phi) is 5.78. The van der Waals surface area contributed by atoms with E-state index in [1.165, 1.54) is 11.9 Å². The maximum absolute atomic E-state index is 13.3. The van der Waals surface area contributed by atoms with Gasteiger partial charge in [-0.25, -0.2) is 9.97 Å². The standard InChI is InChI=1S/C27H28N8O2/c1-18-3-7-21(8-4-18)34-16-20(15-23(34)36)27(37)33-13-11-32(12-14-33)25-24-26(29-17-28-25)35(31-30-24)22-9-5-19(2)6-10-22/h3-10,17,20H,11-16H2,1-2H3/t20-/m0/s1. The lowest BCUT2D eigenvalue weighted by molar-refractivity contribution is -0.136. The fraction of sp³-hybridized carbons (Fsp3) is 0.333. The Morgan fingerprint density at radius 3 is 2.19 bits per heavy atom. The first kappa shape index (κ1) is 23.1. The molecule has 0 radical (unpaired) electrons. The molecule has 4 aromatic rings. The lowest BCUT2D eigenvalue weighted by Gasteiger charge is -2.36. The van der Waals surface area contributed by atoms with Crippen molar-refractivity contribution in [3.05, 3.63) is 66.0 Å². The number of carbonyl (C=O) groups excluding carboxylic acids is 2. The fourth-order valence-corrected chi connectivity index (χ4v) is 5.07. The predicted molar refractivity (Wildman–Crippen MR) is 140 cm³/mol. The maximum atomic E-state index is 13.3. The van der Waals surface area contributed by atoms with Crippen molar-refractivity contribution in [3.63, 3.8) is 0 Å². The first-order valence-corrected chi connectivity index (χ1v) is 12.5. The van der Waals surface area contributed by atoms with E-state index in [2.05, 4.69) is 25.2 Å². The summed E-state index contributed by atoms with van der Waals surface area (Å²) in [6.07, 6.45) is 1.79. The molecule has 0 aliphatic carbocycles. The lowest BCUT2D eigenvalue weighted by atomic mass is 10.1. The van der Waals surface area contributed by atoms with Gasteiger partial charge in [0.2, 0.25) is 11.8 Å². The van der Waals surface area contributed by atoms with E-state index in [1.54, 1.807) is 9.58 Å². The molecule has 2 aliphatic rings. The minimum atomic E-state index is -0.319. The molecule has 10 nitrogen and oxygen atoms in total. The highest BCUT2D eigenvalue weighted by molar-refractivity contribution is 6.00. The minimum absolute atomic E-state index is 0.000815. The van der Waals surface area contributed by atoms with E-state index in [4.69, 9.17) is 0 Å². The molecule has 1 atom stereocenters. The van der Waals surface area contributed by atoms with Crippen LogP contribution in [-0.4, -0.2) is 74.4 Å². The number of amides is 2. The highest BCUT2D eigenvalue weighted by atomic mass is 16.2. The van der Waals surface area contributed by atoms with Gasteiger partial charge in [0.1, 0.15) is 6.33 Å². The molecule has 2 fully saturated rings. The summed E-state index contributed by atoms with van der Waals surface area (Å²) in [6.45, 7) is 6.85. The van der Waals surface area contributed by atoms with E-state index in [0.717, 1.165) is 22.8 Å². The third kappa shape index (κ3) is 4.28. The van der Waals surface area contributed by atoms with Gasteiger partial charge in [-0.3, -0.25) is 9.59 Å². The van der Waals surface area contributed by atoms with Gasteiger partial charge in [0.15, 0.2) is 17.0 Å². The van der Waals surface area contributed by atoms with Gasteiger partial charge in [-0.05, 0) is 38.1 Å². The second kappa shape index (κ2) is 9.27. The number of anilines is 2. The molecule has 37 heavy (non-hydrogen) atoms. The molecule has 6 rings (SSSR count). The number of carbonyl (C=O) groups is 2. The van der Waals surface area contributed by atoms with Crippen LogP contribution in [0.15, 0.2) is 54.9 Å². The summed E-state index contributed by atoms with van der Waals surface area (Å²) < 4.78 is 1.72. The Bertz CT molecular complexity index is 1460. The van der Waals surface area contributed by atoms with Crippen molar-refractivity contribution in [2.24, 2.45) is 5.92 Å². The summed E-state index contributed by atoms with van der Waals surface area (Å²) in [6, 6.07) is 15.9. The van der Waals surface area contributed by atoms with Crippen LogP contribution in [0.4, 0.5) is 11.5 Å². The zero-order valence-electron chi connectivity index (χ0n) is 20.9. The van der Waals surface area contributed by atoms with Crippen LogP contribution in [-0.2, 0) is 9.59 Å². The van der Waals surface area contributed by atoms with Crippen molar-refractivity contribution in [1.82, 2.24) is 29.9 Å². The van der Waals surface area contributed by atoms with E-state index in [1.807, 2.05) is 67.3 Å². The molecule has 0 spiro atoms. The number of aryl methyl sites for hydroxylation is 2. The summed E-state index contributed by atoms with van der Waals surface area (Å²) in [5.74, 6) is 0.444. The van der Waals surface area contributed by atoms with Crippen LogP contribution >= 0.6 is 0 Å². The topological polar surface area (TPSA) is 100 Å². The van der Waals surface area contributed by atoms with E-state index >= 15 is 0 Å². The maximum Gasteiger partial charge on any atom is 0.228 e. The van der Waals surface area contributed by atoms with Crippen molar-refractivity contribution in [3.8, 4) is 5.69 Å².